The second-order valence-electron chi connectivity index (χ2n) is 9.99. The molecule has 2 aromatic heterocycles. The number of aromatic nitrogens is 4. The second kappa shape index (κ2) is 15.6. The summed E-state index contributed by atoms with van der Waals surface area (Å²) in [5.74, 6) is 1.76. The highest BCUT2D eigenvalue weighted by molar-refractivity contribution is 5.31. The predicted octanol–water partition coefficient (Wildman–Crippen LogP) is 8.14. The quantitative estimate of drug-likeness (QED) is 0.140. The van der Waals surface area contributed by atoms with Crippen LogP contribution in [0.2, 0.25) is 0 Å². The van der Waals surface area contributed by atoms with Crippen LogP contribution in [0.25, 0.3) is 0 Å². The molecule has 6 rings (SSSR count). The summed E-state index contributed by atoms with van der Waals surface area (Å²) in [5.41, 5.74) is 4.74. The molecule has 6 aromatic rings. The fourth-order valence-corrected chi connectivity index (χ4v) is 4.56. The number of rotatable bonds is 12. The van der Waals surface area contributed by atoms with Crippen molar-refractivity contribution in [3.05, 3.63) is 181 Å². The molecule has 0 amide bonds. The maximum absolute atomic E-state index is 5.83. The molecule has 6 nitrogen and oxygen atoms in total. The average Bonchev–Trinajstić information content (AvgIpc) is 3.79. The van der Waals surface area contributed by atoms with Gasteiger partial charge in [-0.3, -0.25) is 9.36 Å². The van der Waals surface area contributed by atoms with Crippen LogP contribution in [0.15, 0.2) is 159 Å². The van der Waals surface area contributed by atoms with E-state index < -0.39 is 0 Å². The number of allylic oxidation sites excluding steroid dienone is 1. The van der Waals surface area contributed by atoms with E-state index in [1.54, 1.807) is 12.4 Å². The van der Waals surface area contributed by atoms with E-state index in [1.165, 1.54) is 16.7 Å². The van der Waals surface area contributed by atoms with Crippen LogP contribution in [-0.4, -0.2) is 19.6 Å². The monoisotopic (exact) mass is 568 g/mol. The normalized spacial score (nSPS) is 11.2. The van der Waals surface area contributed by atoms with Crippen molar-refractivity contribution in [2.45, 2.75) is 32.2 Å². The number of ether oxygens (including phenoxy) is 2. The summed E-state index contributed by atoms with van der Waals surface area (Å²) in [6, 6.07) is 40.7. The van der Waals surface area contributed by atoms with Gasteiger partial charge in [0.25, 0.3) is 0 Å². The maximum atomic E-state index is 5.83. The molecule has 0 aliphatic carbocycles. The number of nitrogens with zero attached hydrogens (tertiary/aromatic N) is 4. The third-order valence-corrected chi connectivity index (χ3v) is 6.82. The van der Waals surface area contributed by atoms with E-state index in [9.17, 15) is 0 Å². The molecule has 0 radical (unpaired) electrons. The Balaban J connectivity index is 0.000000173. The van der Waals surface area contributed by atoms with E-state index in [0.717, 1.165) is 30.0 Å². The fraction of sp³-hybridized carbons (Fsp3) is 0.135. The molecule has 0 aliphatic heterocycles. The maximum Gasteiger partial charge on any atom is 0.119 e. The van der Waals surface area contributed by atoms with Crippen molar-refractivity contribution < 1.29 is 9.47 Å². The zero-order valence-corrected chi connectivity index (χ0v) is 24.2. The lowest BCUT2D eigenvalue weighted by Crippen LogP contribution is -2.10. The summed E-state index contributed by atoms with van der Waals surface area (Å²) in [5, 5.41) is 8.54. The Hall–Kier alpha value is -5.36. The first kappa shape index (κ1) is 29.1. The second-order valence-corrected chi connectivity index (χ2v) is 9.99. The first-order chi connectivity index (χ1) is 21.3. The van der Waals surface area contributed by atoms with Crippen molar-refractivity contribution in [2.24, 2.45) is 0 Å². The lowest BCUT2D eigenvalue weighted by Gasteiger charge is -2.17. The van der Waals surface area contributed by atoms with Crippen LogP contribution in [0.5, 0.6) is 11.5 Å². The molecule has 6 heteroatoms. The first-order valence-electron chi connectivity index (χ1n) is 14.4. The Morgan fingerprint density at radius 3 is 1.67 bits per heavy atom. The summed E-state index contributed by atoms with van der Waals surface area (Å²) >= 11 is 0. The highest BCUT2D eigenvalue weighted by atomic mass is 16.5. The van der Waals surface area contributed by atoms with Gasteiger partial charge >= 0.3 is 0 Å². The molecule has 43 heavy (non-hydrogen) atoms. The molecule has 2 heterocycles. The largest absolute Gasteiger partial charge is 0.489 e. The van der Waals surface area contributed by atoms with Crippen LogP contribution >= 0.6 is 0 Å². The molecule has 0 saturated carbocycles. The molecule has 1 unspecified atom stereocenters. The van der Waals surface area contributed by atoms with Crippen molar-refractivity contribution in [1.29, 1.82) is 0 Å². The predicted molar refractivity (Wildman–Crippen MR) is 171 cm³/mol. The first-order valence-corrected chi connectivity index (χ1v) is 14.4. The van der Waals surface area contributed by atoms with Gasteiger partial charge in [-0.15, -0.1) is 6.58 Å². The highest BCUT2D eigenvalue weighted by Gasteiger charge is 2.12. The van der Waals surface area contributed by atoms with E-state index in [0.29, 0.717) is 13.2 Å². The van der Waals surface area contributed by atoms with Gasteiger partial charge in [0.2, 0.25) is 0 Å². The van der Waals surface area contributed by atoms with E-state index in [1.807, 2.05) is 101 Å². The van der Waals surface area contributed by atoms with Gasteiger partial charge in [0.1, 0.15) is 24.7 Å². The summed E-state index contributed by atoms with van der Waals surface area (Å²) in [6.07, 6.45) is 10.3. The van der Waals surface area contributed by atoms with Crippen LogP contribution in [-0.2, 0) is 19.8 Å². The van der Waals surface area contributed by atoms with Crippen molar-refractivity contribution in [1.82, 2.24) is 19.6 Å². The van der Waals surface area contributed by atoms with E-state index in [2.05, 4.69) is 65.3 Å². The summed E-state index contributed by atoms with van der Waals surface area (Å²) in [4.78, 5) is 0. The third kappa shape index (κ3) is 9.07. The van der Waals surface area contributed by atoms with Crippen LogP contribution in [0.1, 0.15) is 34.7 Å². The van der Waals surface area contributed by atoms with Crippen molar-refractivity contribution >= 4 is 0 Å². The van der Waals surface area contributed by atoms with Crippen LogP contribution < -0.4 is 9.47 Å². The third-order valence-electron chi connectivity index (χ3n) is 6.82. The molecule has 1 atom stereocenters. The molecular formula is C37H36N4O2. The Kier molecular flexibility index (Phi) is 10.6. The number of hydrogen-bond donors (Lipinski definition) is 0. The molecule has 0 N–H and O–H groups in total. The molecule has 0 saturated heterocycles. The SMILES string of the molecule is C=CCC(c1ccc(OCc2ccccc2)cc1)n1cccn1.c1ccc(COc2ccc(Cn3cccn3)cc2)cc1. The van der Waals surface area contributed by atoms with Gasteiger partial charge in [0, 0.05) is 24.8 Å². The van der Waals surface area contributed by atoms with Gasteiger partial charge in [0.15, 0.2) is 0 Å². The van der Waals surface area contributed by atoms with Gasteiger partial charge in [-0.05, 0) is 65.1 Å². The molecule has 0 spiro atoms. The minimum atomic E-state index is 0.172. The number of hydrogen-bond acceptors (Lipinski definition) is 4. The molecule has 216 valence electrons. The smallest absolute Gasteiger partial charge is 0.119 e. The highest BCUT2D eigenvalue weighted by Crippen LogP contribution is 2.24. The minimum absolute atomic E-state index is 0.172. The van der Waals surface area contributed by atoms with Gasteiger partial charge in [-0.2, -0.15) is 10.2 Å². The molecular weight excluding hydrogens is 532 g/mol. The van der Waals surface area contributed by atoms with Gasteiger partial charge in [-0.1, -0.05) is 91.0 Å². The zero-order chi connectivity index (χ0) is 29.5. The molecule has 0 aliphatic rings. The van der Waals surface area contributed by atoms with Crippen LogP contribution in [0.3, 0.4) is 0 Å². The standard InChI is InChI=1S/C20H20N2O.C17H16N2O/c1-2-7-20(22-15-6-14-21-22)18-10-12-19(13-11-18)23-16-17-8-4-3-5-9-17;1-2-5-16(6-3-1)14-20-17-9-7-15(8-10-17)13-19-12-4-11-18-19/h2-6,8-15,20H,1,7,16H2;1-12H,13-14H2. The molecule has 4 aromatic carbocycles. The summed E-state index contributed by atoms with van der Waals surface area (Å²) in [7, 11) is 0. The van der Waals surface area contributed by atoms with Gasteiger partial charge < -0.3 is 9.47 Å². The van der Waals surface area contributed by atoms with Crippen molar-refractivity contribution in [3.63, 3.8) is 0 Å². The average molecular weight is 569 g/mol. The zero-order valence-electron chi connectivity index (χ0n) is 24.2. The lowest BCUT2D eigenvalue weighted by molar-refractivity contribution is 0.306. The lowest BCUT2D eigenvalue weighted by atomic mass is 10.0. The Bertz CT molecular complexity index is 1600. The van der Waals surface area contributed by atoms with Crippen LogP contribution in [0.4, 0.5) is 0 Å². The Morgan fingerprint density at radius 2 is 1.16 bits per heavy atom. The number of benzene rings is 4. The van der Waals surface area contributed by atoms with Crippen molar-refractivity contribution in [2.75, 3.05) is 0 Å². The van der Waals surface area contributed by atoms with Crippen LogP contribution in [0, 0.1) is 0 Å². The Morgan fingerprint density at radius 1 is 0.605 bits per heavy atom. The van der Waals surface area contributed by atoms with E-state index in [4.69, 9.17) is 9.47 Å². The molecule has 0 fully saturated rings. The molecule has 0 bridgehead atoms. The Labute approximate surface area is 253 Å². The summed E-state index contributed by atoms with van der Waals surface area (Å²) < 4.78 is 15.5. The minimum Gasteiger partial charge on any atom is -0.489 e. The van der Waals surface area contributed by atoms with E-state index in [-0.39, 0.29) is 6.04 Å². The fourth-order valence-electron chi connectivity index (χ4n) is 4.56. The van der Waals surface area contributed by atoms with Gasteiger partial charge in [-0.25, -0.2) is 0 Å². The van der Waals surface area contributed by atoms with E-state index >= 15 is 0 Å². The van der Waals surface area contributed by atoms with Crippen molar-refractivity contribution in [3.8, 4) is 11.5 Å². The summed E-state index contributed by atoms with van der Waals surface area (Å²) in [6.45, 7) is 5.81. The topological polar surface area (TPSA) is 54.1 Å². The van der Waals surface area contributed by atoms with Gasteiger partial charge in [0.05, 0.1) is 12.6 Å².